The monoisotopic (exact) mass is 412 g/mol. The topological polar surface area (TPSA) is 46.5 Å². The Bertz CT molecular complexity index is 897. The van der Waals surface area contributed by atoms with Crippen LogP contribution in [0.2, 0.25) is 0 Å². The van der Waals surface area contributed by atoms with Crippen molar-refractivity contribution in [1.82, 2.24) is 0 Å². The van der Waals surface area contributed by atoms with Crippen LogP contribution in [0.3, 0.4) is 0 Å². The Morgan fingerprint density at radius 1 is 1.18 bits per heavy atom. The minimum Gasteiger partial charge on any atom is -0.758 e. The molecule has 4 nitrogen and oxygen atoms in total. The molecule has 0 aliphatic heterocycles. The van der Waals surface area contributed by atoms with Crippen molar-refractivity contribution in [3.8, 4) is 0 Å². The fourth-order valence-electron chi connectivity index (χ4n) is 3.23. The molecule has 3 aromatic rings. The summed E-state index contributed by atoms with van der Waals surface area (Å²) in [4.78, 5) is 18.3. The number of rotatable bonds is 9. The molecule has 3 aromatic heterocycles. The molecule has 0 aliphatic rings. The summed E-state index contributed by atoms with van der Waals surface area (Å²) in [6.45, 7) is 4.72. The molecule has 1 atom stereocenters. The first-order valence-electron chi connectivity index (χ1n) is 9.46. The number of ketones is 1. The normalized spacial score (nSPS) is 13.0. The second-order valence-electron chi connectivity index (χ2n) is 6.57. The van der Waals surface area contributed by atoms with Crippen LogP contribution in [0.5, 0.6) is 0 Å². The van der Waals surface area contributed by atoms with Gasteiger partial charge in [-0.2, -0.15) is 4.57 Å². The highest BCUT2D eigenvalue weighted by Gasteiger charge is 2.29. The zero-order valence-electron chi connectivity index (χ0n) is 16.1. The molecule has 146 valence electrons. The van der Waals surface area contributed by atoms with Crippen molar-refractivity contribution in [2.45, 2.75) is 45.2 Å². The van der Waals surface area contributed by atoms with E-state index in [1.807, 2.05) is 46.6 Å². The van der Waals surface area contributed by atoms with Crippen molar-refractivity contribution in [2.75, 3.05) is 0 Å². The number of hydrogen-bond acceptors (Lipinski definition) is 5. The average Bonchev–Trinajstić information content (AvgIpc) is 3.43. The van der Waals surface area contributed by atoms with Gasteiger partial charge >= 0.3 is 0 Å². The van der Waals surface area contributed by atoms with Gasteiger partial charge in [0.1, 0.15) is 5.76 Å². The maximum Gasteiger partial charge on any atom is 0.244 e. The molecule has 3 rings (SSSR count). The highest BCUT2D eigenvalue weighted by molar-refractivity contribution is 7.77. The van der Waals surface area contributed by atoms with Crippen LogP contribution < -0.4 is 4.57 Å². The van der Waals surface area contributed by atoms with Crippen LogP contribution >= 0.6 is 11.3 Å². The van der Waals surface area contributed by atoms with Crippen LogP contribution in [0.4, 0.5) is 0 Å². The van der Waals surface area contributed by atoms with Gasteiger partial charge in [0.2, 0.25) is 11.8 Å². The first kappa shape index (κ1) is 20.4. The average molecular weight is 413 g/mol. The summed E-state index contributed by atoms with van der Waals surface area (Å²) in [5, 5.41) is 2.25. The first-order valence-corrected chi connectivity index (χ1v) is 10.7. The number of Topliss-reactive ketones (excluding diaryl/α,β-unsaturated/α-hetero) is 1. The molecular formula is C22H24N2O2S2. The molecule has 0 saturated carbocycles. The summed E-state index contributed by atoms with van der Waals surface area (Å²) in [6, 6.07) is 10.9. The molecule has 6 heteroatoms. The SMILES string of the molecule is CCC(CC)c1cc[n+]([C@@H](C(=O)c2cccs2)C([S-])=NCc2ccco2)cc1. The highest BCUT2D eigenvalue weighted by atomic mass is 32.1. The number of furan rings is 1. The lowest BCUT2D eigenvalue weighted by Gasteiger charge is -2.19. The van der Waals surface area contributed by atoms with Crippen LogP contribution in [0.15, 0.2) is 69.8 Å². The molecular weight excluding hydrogens is 388 g/mol. The van der Waals surface area contributed by atoms with Crippen molar-refractivity contribution in [3.63, 3.8) is 0 Å². The third-order valence-corrected chi connectivity index (χ3v) is 6.09. The van der Waals surface area contributed by atoms with E-state index in [-0.39, 0.29) is 5.78 Å². The van der Waals surface area contributed by atoms with E-state index in [0.29, 0.717) is 22.4 Å². The van der Waals surface area contributed by atoms with E-state index in [1.165, 1.54) is 16.9 Å². The van der Waals surface area contributed by atoms with Gasteiger partial charge < -0.3 is 22.0 Å². The number of hydrogen-bond donors (Lipinski definition) is 0. The number of carbonyl (C=O) groups excluding carboxylic acids is 1. The van der Waals surface area contributed by atoms with Crippen molar-refractivity contribution in [1.29, 1.82) is 0 Å². The fraction of sp³-hybridized carbons (Fsp3) is 0.318. The summed E-state index contributed by atoms with van der Waals surface area (Å²) in [7, 11) is 0. The number of aliphatic imine (C=N–C) groups is 1. The number of aromatic nitrogens is 1. The van der Waals surface area contributed by atoms with E-state index < -0.39 is 6.04 Å². The van der Waals surface area contributed by atoms with Gasteiger partial charge in [-0.25, -0.2) is 0 Å². The highest BCUT2D eigenvalue weighted by Crippen LogP contribution is 2.22. The minimum atomic E-state index is -0.639. The second kappa shape index (κ2) is 9.75. The smallest absolute Gasteiger partial charge is 0.244 e. The van der Waals surface area contributed by atoms with Crippen LogP contribution in [0.25, 0.3) is 0 Å². The van der Waals surface area contributed by atoms with Gasteiger partial charge in [0, 0.05) is 12.1 Å². The summed E-state index contributed by atoms with van der Waals surface area (Å²) < 4.78 is 7.19. The number of nitrogens with zero attached hydrogens (tertiary/aromatic N) is 2. The maximum atomic E-state index is 13.2. The Balaban J connectivity index is 1.91. The Kier molecular flexibility index (Phi) is 7.12. The van der Waals surface area contributed by atoms with E-state index in [9.17, 15) is 4.79 Å². The molecule has 0 unspecified atom stereocenters. The fourth-order valence-corrected chi connectivity index (χ4v) is 4.21. The predicted molar refractivity (Wildman–Crippen MR) is 115 cm³/mol. The maximum absolute atomic E-state index is 13.2. The zero-order valence-corrected chi connectivity index (χ0v) is 17.7. The van der Waals surface area contributed by atoms with Crippen LogP contribution in [0, 0.1) is 0 Å². The van der Waals surface area contributed by atoms with Crippen molar-refractivity contribution < 1.29 is 13.8 Å². The molecule has 0 aromatic carbocycles. The lowest BCUT2D eigenvalue weighted by Crippen LogP contribution is -2.47. The van der Waals surface area contributed by atoms with E-state index in [1.54, 1.807) is 6.26 Å². The lowest BCUT2D eigenvalue weighted by atomic mass is 9.95. The first-order chi connectivity index (χ1) is 13.6. The van der Waals surface area contributed by atoms with Gasteiger partial charge in [-0.1, -0.05) is 19.9 Å². The molecule has 0 radical (unpaired) electrons. The van der Waals surface area contributed by atoms with Gasteiger partial charge in [0.25, 0.3) is 0 Å². The lowest BCUT2D eigenvalue weighted by molar-refractivity contribution is -0.692. The molecule has 0 bridgehead atoms. The van der Waals surface area contributed by atoms with Gasteiger partial charge in [-0.3, -0.25) is 4.79 Å². The molecule has 0 N–H and O–H groups in total. The van der Waals surface area contributed by atoms with E-state index in [0.717, 1.165) is 18.6 Å². The van der Waals surface area contributed by atoms with Crippen LogP contribution in [-0.2, 0) is 19.2 Å². The molecule has 0 aliphatic carbocycles. The van der Waals surface area contributed by atoms with Crippen LogP contribution in [0.1, 0.15) is 59.6 Å². The third kappa shape index (κ3) is 4.75. The second-order valence-corrected chi connectivity index (χ2v) is 7.94. The molecule has 0 fully saturated rings. The predicted octanol–water partition coefficient (Wildman–Crippen LogP) is 5.10. The summed E-state index contributed by atoms with van der Waals surface area (Å²) in [6.07, 6.45) is 7.68. The zero-order chi connectivity index (χ0) is 19.9. The van der Waals surface area contributed by atoms with E-state index in [4.69, 9.17) is 17.0 Å². The molecule has 28 heavy (non-hydrogen) atoms. The Morgan fingerprint density at radius 3 is 2.50 bits per heavy atom. The number of carbonyl (C=O) groups is 1. The Labute approximate surface area is 175 Å². The van der Waals surface area contributed by atoms with Crippen molar-refractivity contribution in [3.05, 3.63) is 76.6 Å². The molecule has 3 heterocycles. The summed E-state index contributed by atoms with van der Waals surface area (Å²) in [5.74, 6) is 1.21. The summed E-state index contributed by atoms with van der Waals surface area (Å²) >= 11 is 6.99. The van der Waals surface area contributed by atoms with Crippen LogP contribution in [-0.4, -0.2) is 10.8 Å². The summed E-state index contributed by atoms with van der Waals surface area (Å²) in [5.41, 5.74) is 1.28. The third-order valence-electron chi connectivity index (χ3n) is 4.85. The van der Waals surface area contributed by atoms with Crippen molar-refractivity contribution >= 4 is 34.8 Å². The number of thiophene rings is 1. The van der Waals surface area contributed by atoms with Gasteiger partial charge in [-0.05, 0) is 52.9 Å². The Morgan fingerprint density at radius 2 is 1.93 bits per heavy atom. The minimum absolute atomic E-state index is 0.0384. The van der Waals surface area contributed by atoms with Gasteiger partial charge in [-0.15, -0.1) is 11.3 Å². The quantitative estimate of drug-likeness (QED) is 0.161. The van der Waals surface area contributed by atoms with E-state index >= 15 is 0 Å². The van der Waals surface area contributed by atoms with Gasteiger partial charge in [0.05, 0.1) is 17.7 Å². The van der Waals surface area contributed by atoms with E-state index in [2.05, 4.69) is 31.0 Å². The van der Waals surface area contributed by atoms with Crippen molar-refractivity contribution in [2.24, 2.45) is 4.99 Å². The standard InChI is InChI=1S/C22H24N2O2S2/c1-3-16(4-2)17-9-11-24(12-10-17)20(21(25)19-8-6-14-28-19)22(27)23-15-18-7-5-13-26-18/h5-14,16,20H,3-4,15H2,1-2H3/t20-/m0/s1. The molecule has 0 amide bonds. The largest absolute Gasteiger partial charge is 0.758 e. The number of pyridine rings is 1. The molecule has 0 saturated heterocycles. The van der Waals surface area contributed by atoms with Gasteiger partial charge in [0.15, 0.2) is 12.4 Å². The molecule has 0 spiro atoms. The Hall–Kier alpha value is -2.31.